The van der Waals surface area contributed by atoms with Gasteiger partial charge in [0, 0.05) is 0 Å². The lowest BCUT2D eigenvalue weighted by Gasteiger charge is -1.99. The van der Waals surface area contributed by atoms with E-state index < -0.39 is 11.9 Å². The highest BCUT2D eigenvalue weighted by atomic mass is 16.5. The minimum absolute atomic E-state index is 0.0712. The molecule has 0 atom stereocenters. The summed E-state index contributed by atoms with van der Waals surface area (Å²) in [5.74, 6) is -0.760. The number of nitrogens with zero attached hydrogens (tertiary/aromatic N) is 1. The fourth-order valence-corrected chi connectivity index (χ4v) is 0.804. The molecule has 1 amide bonds. The van der Waals surface area contributed by atoms with Gasteiger partial charge in [-0.1, -0.05) is 0 Å². The molecule has 0 aliphatic heterocycles. The van der Waals surface area contributed by atoms with Crippen LogP contribution in [0.25, 0.3) is 0 Å². The third-order valence-electron chi connectivity index (χ3n) is 1.44. The standard InChI is InChI=1S/C8H10N2O4/c1-5-3-9-6(14-5)4-10-7(11)8(12)13-2/h3H,4H2,1-2H3,(H,10,11). The van der Waals surface area contributed by atoms with Crippen molar-refractivity contribution in [2.45, 2.75) is 13.5 Å². The second kappa shape index (κ2) is 4.40. The molecule has 1 N–H and O–H groups in total. The summed E-state index contributed by atoms with van der Waals surface area (Å²) in [5.41, 5.74) is 0. The largest absolute Gasteiger partial charge is 0.462 e. The van der Waals surface area contributed by atoms with Gasteiger partial charge in [0.1, 0.15) is 5.76 Å². The molecular weight excluding hydrogens is 188 g/mol. The van der Waals surface area contributed by atoms with Gasteiger partial charge in [0.15, 0.2) is 0 Å². The van der Waals surface area contributed by atoms with Crippen molar-refractivity contribution in [3.8, 4) is 0 Å². The molecule has 0 fully saturated rings. The molecule has 0 spiro atoms. The van der Waals surface area contributed by atoms with Crippen molar-refractivity contribution >= 4 is 11.9 Å². The number of carbonyl (C=O) groups is 2. The van der Waals surface area contributed by atoms with Crippen LogP contribution in [0, 0.1) is 6.92 Å². The maximum absolute atomic E-state index is 10.9. The minimum Gasteiger partial charge on any atom is -0.462 e. The van der Waals surface area contributed by atoms with Crippen LogP contribution in [0.2, 0.25) is 0 Å². The average molecular weight is 198 g/mol. The first kappa shape index (κ1) is 10.2. The van der Waals surface area contributed by atoms with Crippen molar-refractivity contribution in [3.05, 3.63) is 17.8 Å². The van der Waals surface area contributed by atoms with Crippen molar-refractivity contribution in [1.29, 1.82) is 0 Å². The predicted molar refractivity (Wildman–Crippen MR) is 45.1 cm³/mol. The van der Waals surface area contributed by atoms with E-state index in [-0.39, 0.29) is 6.54 Å². The molecule has 1 heterocycles. The molecule has 14 heavy (non-hydrogen) atoms. The van der Waals surface area contributed by atoms with Crippen molar-refractivity contribution < 1.29 is 18.7 Å². The highest BCUT2D eigenvalue weighted by molar-refractivity contribution is 6.32. The number of nitrogens with one attached hydrogen (secondary N) is 1. The fraction of sp³-hybridized carbons (Fsp3) is 0.375. The van der Waals surface area contributed by atoms with E-state index in [1.807, 2.05) is 0 Å². The number of oxazole rings is 1. The first-order valence-electron chi connectivity index (χ1n) is 3.91. The summed E-state index contributed by atoms with van der Waals surface area (Å²) in [5, 5.41) is 2.29. The van der Waals surface area contributed by atoms with Gasteiger partial charge < -0.3 is 14.5 Å². The van der Waals surface area contributed by atoms with Gasteiger partial charge in [0.2, 0.25) is 5.89 Å². The molecule has 0 aliphatic carbocycles. The molecule has 1 rings (SSSR count). The number of esters is 1. The van der Waals surface area contributed by atoms with Gasteiger partial charge in [0.25, 0.3) is 0 Å². The number of carbonyl (C=O) groups excluding carboxylic acids is 2. The molecule has 0 aliphatic rings. The predicted octanol–water partition coefficient (Wildman–Crippen LogP) is -0.228. The van der Waals surface area contributed by atoms with E-state index in [2.05, 4.69) is 15.0 Å². The van der Waals surface area contributed by atoms with Gasteiger partial charge in [0.05, 0.1) is 19.9 Å². The molecule has 0 saturated heterocycles. The van der Waals surface area contributed by atoms with Crippen LogP contribution >= 0.6 is 0 Å². The van der Waals surface area contributed by atoms with Crippen LogP contribution in [-0.4, -0.2) is 24.0 Å². The van der Waals surface area contributed by atoms with E-state index in [0.29, 0.717) is 11.7 Å². The zero-order valence-electron chi connectivity index (χ0n) is 7.86. The van der Waals surface area contributed by atoms with Gasteiger partial charge in [-0.15, -0.1) is 0 Å². The second-order valence-electron chi connectivity index (χ2n) is 2.54. The third-order valence-corrected chi connectivity index (χ3v) is 1.44. The van der Waals surface area contributed by atoms with Crippen LogP contribution in [0.4, 0.5) is 0 Å². The molecule has 0 unspecified atom stereocenters. The lowest BCUT2D eigenvalue weighted by Crippen LogP contribution is -2.31. The number of aromatic nitrogens is 1. The maximum atomic E-state index is 10.9. The van der Waals surface area contributed by atoms with Gasteiger partial charge in [-0.25, -0.2) is 9.78 Å². The SMILES string of the molecule is COC(=O)C(=O)NCc1ncc(C)o1. The van der Waals surface area contributed by atoms with Crippen molar-refractivity contribution in [3.63, 3.8) is 0 Å². The summed E-state index contributed by atoms with van der Waals surface area (Å²) in [7, 11) is 1.14. The lowest BCUT2D eigenvalue weighted by molar-refractivity contribution is -0.152. The smallest absolute Gasteiger partial charge is 0.396 e. The zero-order chi connectivity index (χ0) is 10.6. The Morgan fingerprint density at radius 3 is 2.86 bits per heavy atom. The van der Waals surface area contributed by atoms with Gasteiger partial charge in [-0.2, -0.15) is 0 Å². The van der Waals surface area contributed by atoms with E-state index in [9.17, 15) is 9.59 Å². The Bertz CT molecular complexity index is 345. The topological polar surface area (TPSA) is 81.4 Å². The summed E-state index contributed by atoms with van der Waals surface area (Å²) < 4.78 is 9.27. The Labute approximate surface area is 80.3 Å². The molecule has 1 aromatic heterocycles. The van der Waals surface area contributed by atoms with Crippen LogP contribution in [0.15, 0.2) is 10.6 Å². The highest BCUT2D eigenvalue weighted by Gasteiger charge is 2.13. The maximum Gasteiger partial charge on any atom is 0.396 e. The third kappa shape index (κ3) is 2.58. The Morgan fingerprint density at radius 1 is 1.64 bits per heavy atom. The minimum atomic E-state index is -0.937. The number of methoxy groups -OCH3 is 1. The van der Waals surface area contributed by atoms with Crippen molar-refractivity contribution in [2.24, 2.45) is 0 Å². The average Bonchev–Trinajstić information content (AvgIpc) is 2.59. The summed E-state index contributed by atoms with van der Waals surface area (Å²) >= 11 is 0. The van der Waals surface area contributed by atoms with Crippen LogP contribution in [0.5, 0.6) is 0 Å². The Balaban J connectivity index is 2.41. The van der Waals surface area contributed by atoms with Gasteiger partial charge in [-0.3, -0.25) is 4.79 Å². The summed E-state index contributed by atoms with van der Waals surface area (Å²) in [6.07, 6.45) is 1.53. The molecule has 0 aromatic carbocycles. The number of ether oxygens (including phenoxy) is 1. The number of hydrogen-bond acceptors (Lipinski definition) is 5. The fourth-order valence-electron chi connectivity index (χ4n) is 0.804. The van der Waals surface area contributed by atoms with Gasteiger partial charge in [-0.05, 0) is 6.92 Å². The van der Waals surface area contributed by atoms with E-state index in [1.54, 1.807) is 6.92 Å². The molecule has 0 saturated carbocycles. The van der Waals surface area contributed by atoms with Crippen LogP contribution in [0.1, 0.15) is 11.7 Å². The number of aryl methyl sites for hydroxylation is 1. The first-order valence-corrected chi connectivity index (χ1v) is 3.91. The molecule has 0 radical (unpaired) electrons. The monoisotopic (exact) mass is 198 g/mol. The number of rotatable bonds is 2. The number of hydrogen-bond donors (Lipinski definition) is 1. The molecule has 1 aromatic rings. The van der Waals surface area contributed by atoms with E-state index in [0.717, 1.165) is 7.11 Å². The molecule has 76 valence electrons. The zero-order valence-corrected chi connectivity index (χ0v) is 7.86. The molecular formula is C8H10N2O4. The lowest BCUT2D eigenvalue weighted by atomic mass is 10.5. The summed E-state index contributed by atoms with van der Waals surface area (Å²) in [6.45, 7) is 1.81. The van der Waals surface area contributed by atoms with Gasteiger partial charge >= 0.3 is 11.9 Å². The number of amides is 1. The molecule has 6 nitrogen and oxygen atoms in total. The van der Waals surface area contributed by atoms with Crippen molar-refractivity contribution in [1.82, 2.24) is 10.3 Å². The quantitative estimate of drug-likeness (QED) is 0.524. The summed E-state index contributed by atoms with van der Waals surface area (Å²) in [6, 6.07) is 0. The van der Waals surface area contributed by atoms with E-state index in [1.165, 1.54) is 6.20 Å². The second-order valence-corrected chi connectivity index (χ2v) is 2.54. The first-order chi connectivity index (χ1) is 6.63. The van der Waals surface area contributed by atoms with E-state index >= 15 is 0 Å². The van der Waals surface area contributed by atoms with Crippen LogP contribution in [-0.2, 0) is 20.9 Å². The molecule has 0 bridgehead atoms. The highest BCUT2D eigenvalue weighted by Crippen LogP contribution is 2.00. The van der Waals surface area contributed by atoms with E-state index in [4.69, 9.17) is 4.42 Å². The van der Waals surface area contributed by atoms with Crippen LogP contribution < -0.4 is 5.32 Å². The molecule has 6 heteroatoms. The Morgan fingerprint density at radius 2 is 2.36 bits per heavy atom. The normalized spacial score (nSPS) is 9.57. The Kier molecular flexibility index (Phi) is 3.22. The Hall–Kier alpha value is -1.85. The van der Waals surface area contributed by atoms with Crippen molar-refractivity contribution in [2.75, 3.05) is 7.11 Å². The van der Waals surface area contributed by atoms with Crippen LogP contribution in [0.3, 0.4) is 0 Å². The summed E-state index contributed by atoms with van der Waals surface area (Å²) in [4.78, 5) is 25.4.